The predicted octanol–water partition coefficient (Wildman–Crippen LogP) is 3.18. The smallest absolute Gasteiger partial charge is 0.198 e. The maximum Gasteiger partial charge on any atom is 0.198 e. The molecule has 0 bridgehead atoms. The minimum Gasteiger partial charge on any atom is -0.492 e. The van der Waals surface area contributed by atoms with Crippen molar-refractivity contribution in [3.63, 3.8) is 0 Å². The normalized spacial score (nSPS) is 13.6. The molecule has 2 aromatic rings. The van der Waals surface area contributed by atoms with Gasteiger partial charge in [-0.1, -0.05) is 30.3 Å². The molecule has 3 nitrogen and oxygen atoms in total. The van der Waals surface area contributed by atoms with E-state index >= 15 is 0 Å². The second-order valence-corrected chi connectivity index (χ2v) is 4.25. The van der Waals surface area contributed by atoms with Gasteiger partial charge >= 0.3 is 0 Å². The van der Waals surface area contributed by atoms with Gasteiger partial charge in [-0.2, -0.15) is 0 Å². The van der Waals surface area contributed by atoms with Crippen molar-refractivity contribution in [3.8, 4) is 0 Å². The summed E-state index contributed by atoms with van der Waals surface area (Å²) in [6, 6.07) is 11.2. The van der Waals surface area contributed by atoms with Gasteiger partial charge in [-0.05, 0) is 13.0 Å². The van der Waals surface area contributed by atoms with E-state index in [1.54, 1.807) is 12.4 Å². The first-order chi connectivity index (χ1) is 9.33. The zero-order chi connectivity index (χ0) is 13.2. The first kappa shape index (κ1) is 11.7. The van der Waals surface area contributed by atoms with E-state index in [0.717, 1.165) is 11.1 Å². The van der Waals surface area contributed by atoms with Crippen LogP contribution in [-0.2, 0) is 4.74 Å². The number of benzene rings is 1. The average Bonchev–Trinajstić information content (AvgIpc) is 2.74. The molecular weight excluding hydrogens is 238 g/mol. The molecule has 3 rings (SSSR count). The molecule has 0 saturated heterocycles. The Hall–Kier alpha value is -2.42. The van der Waals surface area contributed by atoms with Crippen LogP contribution in [0.1, 0.15) is 28.4 Å². The molecule has 1 aromatic heterocycles. The van der Waals surface area contributed by atoms with Crippen molar-refractivity contribution in [1.29, 1.82) is 0 Å². The van der Waals surface area contributed by atoms with Crippen molar-refractivity contribution in [2.45, 2.75) is 6.92 Å². The summed E-state index contributed by atoms with van der Waals surface area (Å²) < 4.78 is 5.70. The third-order valence-corrected chi connectivity index (χ3v) is 3.11. The number of fused-ring (bicyclic) bond motifs is 1. The molecule has 3 heteroatoms. The van der Waals surface area contributed by atoms with Crippen molar-refractivity contribution in [3.05, 3.63) is 65.5 Å². The van der Waals surface area contributed by atoms with Crippen LogP contribution in [0, 0.1) is 0 Å². The largest absolute Gasteiger partial charge is 0.492 e. The van der Waals surface area contributed by atoms with Gasteiger partial charge in [0.15, 0.2) is 5.78 Å². The Morgan fingerprint density at radius 2 is 1.89 bits per heavy atom. The van der Waals surface area contributed by atoms with E-state index < -0.39 is 0 Å². The average molecular weight is 251 g/mol. The summed E-state index contributed by atoms with van der Waals surface area (Å²) in [6.45, 7) is 2.44. The van der Waals surface area contributed by atoms with Gasteiger partial charge in [0.2, 0.25) is 0 Å². The minimum absolute atomic E-state index is 0.00653. The van der Waals surface area contributed by atoms with Crippen LogP contribution in [0.25, 0.3) is 11.3 Å². The van der Waals surface area contributed by atoms with Gasteiger partial charge in [-0.3, -0.25) is 9.78 Å². The van der Waals surface area contributed by atoms with E-state index in [4.69, 9.17) is 4.74 Å². The standard InChI is InChI=1S/C16H13NO2/c1-2-19-16-13-8-4-3-7-12(13)15(18)14(16)11-6-5-9-17-10-11/h3-10H,2H2,1H3. The lowest BCUT2D eigenvalue weighted by Gasteiger charge is -2.08. The highest BCUT2D eigenvalue weighted by molar-refractivity contribution is 6.39. The van der Waals surface area contributed by atoms with Gasteiger partial charge in [0.1, 0.15) is 5.76 Å². The Morgan fingerprint density at radius 1 is 1.11 bits per heavy atom. The molecule has 0 aliphatic heterocycles. The topological polar surface area (TPSA) is 39.2 Å². The Labute approximate surface area is 111 Å². The molecule has 0 fully saturated rings. The first-order valence-electron chi connectivity index (χ1n) is 6.24. The number of aromatic nitrogens is 1. The third-order valence-electron chi connectivity index (χ3n) is 3.11. The number of allylic oxidation sites excluding steroid dienone is 1. The number of ketones is 1. The van der Waals surface area contributed by atoms with Gasteiger partial charge in [-0.15, -0.1) is 0 Å². The molecule has 0 amide bonds. The fraction of sp³-hybridized carbons (Fsp3) is 0.125. The number of hydrogen-bond donors (Lipinski definition) is 0. The Balaban J connectivity index is 2.21. The fourth-order valence-corrected chi connectivity index (χ4v) is 2.32. The van der Waals surface area contributed by atoms with E-state index in [-0.39, 0.29) is 5.78 Å². The summed E-state index contributed by atoms with van der Waals surface area (Å²) >= 11 is 0. The number of carbonyl (C=O) groups excluding carboxylic acids is 1. The number of nitrogens with zero attached hydrogens (tertiary/aromatic N) is 1. The van der Waals surface area contributed by atoms with Crippen LogP contribution in [-0.4, -0.2) is 17.4 Å². The zero-order valence-corrected chi connectivity index (χ0v) is 10.6. The molecule has 1 aromatic carbocycles. The number of ether oxygens (including phenoxy) is 1. The van der Waals surface area contributed by atoms with E-state index in [0.29, 0.717) is 23.5 Å². The van der Waals surface area contributed by atoms with Crippen LogP contribution in [0.4, 0.5) is 0 Å². The molecule has 0 N–H and O–H groups in total. The molecule has 0 spiro atoms. The lowest BCUT2D eigenvalue weighted by molar-refractivity contribution is 0.105. The number of pyridine rings is 1. The van der Waals surface area contributed by atoms with Crippen LogP contribution in [0.3, 0.4) is 0 Å². The summed E-state index contributed by atoms with van der Waals surface area (Å²) in [7, 11) is 0. The Kier molecular flexibility index (Phi) is 2.88. The zero-order valence-electron chi connectivity index (χ0n) is 10.6. The maximum absolute atomic E-state index is 12.5. The molecule has 19 heavy (non-hydrogen) atoms. The fourth-order valence-electron chi connectivity index (χ4n) is 2.32. The summed E-state index contributed by atoms with van der Waals surface area (Å²) in [5.41, 5.74) is 2.97. The van der Waals surface area contributed by atoms with E-state index in [1.165, 1.54) is 0 Å². The van der Waals surface area contributed by atoms with Crippen molar-refractivity contribution in [2.75, 3.05) is 6.61 Å². The van der Waals surface area contributed by atoms with E-state index in [1.807, 2.05) is 43.3 Å². The lowest BCUT2D eigenvalue weighted by atomic mass is 10.0. The van der Waals surface area contributed by atoms with Gasteiger partial charge < -0.3 is 4.74 Å². The molecule has 1 aliphatic rings. The van der Waals surface area contributed by atoms with Gasteiger partial charge in [0.25, 0.3) is 0 Å². The maximum atomic E-state index is 12.5. The van der Waals surface area contributed by atoms with Crippen molar-refractivity contribution in [1.82, 2.24) is 4.98 Å². The summed E-state index contributed by atoms with van der Waals surface area (Å²) in [5, 5.41) is 0. The van der Waals surface area contributed by atoms with Crippen LogP contribution in [0.15, 0.2) is 48.8 Å². The highest BCUT2D eigenvalue weighted by Gasteiger charge is 2.31. The van der Waals surface area contributed by atoms with Crippen LogP contribution >= 0.6 is 0 Å². The second kappa shape index (κ2) is 4.69. The van der Waals surface area contributed by atoms with E-state index in [2.05, 4.69) is 4.98 Å². The quantitative estimate of drug-likeness (QED) is 0.841. The van der Waals surface area contributed by atoms with Crippen LogP contribution in [0.2, 0.25) is 0 Å². The van der Waals surface area contributed by atoms with Crippen molar-refractivity contribution < 1.29 is 9.53 Å². The van der Waals surface area contributed by atoms with Gasteiger partial charge in [-0.25, -0.2) is 0 Å². The monoisotopic (exact) mass is 251 g/mol. The minimum atomic E-state index is 0.00653. The Bertz CT molecular complexity index is 659. The lowest BCUT2D eigenvalue weighted by Crippen LogP contribution is -1.99. The van der Waals surface area contributed by atoms with Crippen LogP contribution < -0.4 is 0 Å². The molecule has 0 atom stereocenters. The summed E-state index contributed by atoms with van der Waals surface area (Å²) in [4.78, 5) is 16.6. The van der Waals surface area contributed by atoms with Crippen molar-refractivity contribution >= 4 is 17.1 Å². The molecule has 0 saturated carbocycles. The SMILES string of the molecule is CCOC1=C(c2cccnc2)C(=O)c2ccccc21. The molecule has 94 valence electrons. The number of carbonyl (C=O) groups is 1. The molecular formula is C16H13NO2. The third kappa shape index (κ3) is 1.83. The van der Waals surface area contributed by atoms with Crippen LogP contribution in [0.5, 0.6) is 0 Å². The molecule has 0 unspecified atom stereocenters. The number of hydrogen-bond acceptors (Lipinski definition) is 3. The van der Waals surface area contributed by atoms with E-state index in [9.17, 15) is 4.79 Å². The van der Waals surface area contributed by atoms with Crippen molar-refractivity contribution in [2.24, 2.45) is 0 Å². The second-order valence-electron chi connectivity index (χ2n) is 4.25. The molecule has 1 heterocycles. The number of rotatable bonds is 3. The molecule has 0 radical (unpaired) electrons. The highest BCUT2D eigenvalue weighted by atomic mass is 16.5. The predicted molar refractivity (Wildman–Crippen MR) is 73.4 cm³/mol. The first-order valence-corrected chi connectivity index (χ1v) is 6.24. The molecule has 1 aliphatic carbocycles. The summed E-state index contributed by atoms with van der Waals surface area (Å²) in [6.07, 6.45) is 3.38. The van der Waals surface area contributed by atoms with Gasteiger partial charge in [0, 0.05) is 29.1 Å². The Morgan fingerprint density at radius 3 is 2.58 bits per heavy atom. The highest BCUT2D eigenvalue weighted by Crippen LogP contribution is 2.38. The number of Topliss-reactive ketones (excluding diaryl/α,β-unsaturated/α-hetero) is 1. The van der Waals surface area contributed by atoms with Gasteiger partial charge in [0.05, 0.1) is 12.2 Å². The summed E-state index contributed by atoms with van der Waals surface area (Å²) in [5.74, 6) is 0.670.